The molecule has 2 N–H and O–H groups in total. The van der Waals surface area contributed by atoms with Crippen molar-refractivity contribution in [1.82, 2.24) is 9.88 Å². The summed E-state index contributed by atoms with van der Waals surface area (Å²) in [6.45, 7) is 3.60. The van der Waals surface area contributed by atoms with E-state index in [1.54, 1.807) is 11.3 Å². The number of nitrogens with two attached hydrogens (primary N) is 1. The Labute approximate surface area is 133 Å². The Kier molecular flexibility index (Phi) is 7.36. The standard InChI is InChI=1S/C11H18FN5S.HI/c12-2-1-3-14-10(13)16-5-7-17(8-6-16)11-15-4-9-18-11;/h4,9H,1-3,5-8H2,(H2,13,14);1H. The van der Waals surface area contributed by atoms with Gasteiger partial charge in [0.15, 0.2) is 11.1 Å². The highest BCUT2D eigenvalue weighted by atomic mass is 127. The number of anilines is 1. The van der Waals surface area contributed by atoms with Crippen molar-refractivity contribution in [3.8, 4) is 0 Å². The number of halogens is 2. The van der Waals surface area contributed by atoms with Gasteiger partial charge in [0.2, 0.25) is 0 Å². The Balaban J connectivity index is 0.00000180. The van der Waals surface area contributed by atoms with Crippen LogP contribution in [-0.2, 0) is 0 Å². The highest BCUT2D eigenvalue weighted by Crippen LogP contribution is 2.18. The van der Waals surface area contributed by atoms with Crippen LogP contribution in [0.1, 0.15) is 6.42 Å². The molecule has 0 saturated carbocycles. The third-order valence-electron chi connectivity index (χ3n) is 2.86. The van der Waals surface area contributed by atoms with Gasteiger partial charge in [-0.25, -0.2) is 4.98 Å². The van der Waals surface area contributed by atoms with E-state index in [1.165, 1.54) is 0 Å². The van der Waals surface area contributed by atoms with Gasteiger partial charge >= 0.3 is 0 Å². The van der Waals surface area contributed by atoms with Crippen LogP contribution in [0.5, 0.6) is 0 Å². The Hall–Kier alpha value is -0.640. The number of aromatic nitrogens is 1. The maximum Gasteiger partial charge on any atom is 0.191 e. The first-order chi connectivity index (χ1) is 8.81. The fraction of sp³-hybridized carbons (Fsp3) is 0.636. The lowest BCUT2D eigenvalue weighted by Crippen LogP contribution is -2.51. The molecule has 1 fully saturated rings. The van der Waals surface area contributed by atoms with Gasteiger partial charge < -0.3 is 15.5 Å². The van der Waals surface area contributed by atoms with Gasteiger partial charge in [-0.15, -0.1) is 35.3 Å². The molecule has 1 aliphatic rings. The number of piperazine rings is 1. The van der Waals surface area contributed by atoms with E-state index in [0.29, 0.717) is 18.9 Å². The van der Waals surface area contributed by atoms with Gasteiger partial charge in [0.1, 0.15) is 0 Å². The lowest BCUT2D eigenvalue weighted by Gasteiger charge is -2.35. The molecule has 0 atom stereocenters. The summed E-state index contributed by atoms with van der Waals surface area (Å²) in [6, 6.07) is 0. The Morgan fingerprint density at radius 1 is 1.42 bits per heavy atom. The summed E-state index contributed by atoms with van der Waals surface area (Å²) in [5.74, 6) is 0.530. The quantitative estimate of drug-likeness (QED) is 0.361. The first-order valence-electron chi connectivity index (χ1n) is 6.06. The Morgan fingerprint density at radius 2 is 2.16 bits per heavy atom. The lowest BCUT2D eigenvalue weighted by atomic mass is 10.3. The summed E-state index contributed by atoms with van der Waals surface area (Å²) >= 11 is 1.65. The van der Waals surface area contributed by atoms with Crippen molar-refractivity contribution in [3.63, 3.8) is 0 Å². The molecule has 1 saturated heterocycles. The highest BCUT2D eigenvalue weighted by molar-refractivity contribution is 14.0. The molecule has 0 radical (unpaired) electrons. The van der Waals surface area contributed by atoms with Crippen molar-refractivity contribution in [2.24, 2.45) is 10.7 Å². The molecule has 2 heterocycles. The molecule has 0 amide bonds. The molecule has 2 rings (SSSR count). The summed E-state index contributed by atoms with van der Waals surface area (Å²) in [4.78, 5) is 12.8. The SMILES string of the molecule is I.NC(=NCCCF)N1CCN(c2nccs2)CC1. The largest absolute Gasteiger partial charge is 0.370 e. The van der Waals surface area contributed by atoms with E-state index in [-0.39, 0.29) is 30.7 Å². The highest BCUT2D eigenvalue weighted by Gasteiger charge is 2.19. The van der Waals surface area contributed by atoms with Crippen molar-refractivity contribution < 1.29 is 4.39 Å². The van der Waals surface area contributed by atoms with Crippen LogP contribution >= 0.6 is 35.3 Å². The van der Waals surface area contributed by atoms with Gasteiger partial charge in [-0.05, 0) is 6.42 Å². The van der Waals surface area contributed by atoms with Crippen LogP contribution in [-0.4, -0.2) is 55.2 Å². The second-order valence-corrected chi connectivity index (χ2v) is 4.94. The molecule has 8 heteroatoms. The molecule has 0 aromatic carbocycles. The zero-order valence-corrected chi connectivity index (χ0v) is 13.8. The number of hydrogen-bond donors (Lipinski definition) is 1. The maximum atomic E-state index is 12.0. The van der Waals surface area contributed by atoms with Crippen LogP contribution in [0.2, 0.25) is 0 Å². The molecule has 5 nitrogen and oxygen atoms in total. The number of aliphatic imine (C=N–C) groups is 1. The summed E-state index contributed by atoms with van der Waals surface area (Å²) in [6.07, 6.45) is 2.26. The topological polar surface area (TPSA) is 57.8 Å². The maximum absolute atomic E-state index is 12.0. The number of nitrogens with zero attached hydrogens (tertiary/aromatic N) is 4. The van der Waals surface area contributed by atoms with Crippen molar-refractivity contribution in [3.05, 3.63) is 11.6 Å². The van der Waals surface area contributed by atoms with Crippen molar-refractivity contribution >= 4 is 46.4 Å². The predicted octanol–water partition coefficient (Wildman–Crippen LogP) is 1.56. The zero-order chi connectivity index (χ0) is 12.8. The molecule has 1 aromatic heterocycles. The second-order valence-electron chi connectivity index (χ2n) is 4.07. The minimum absolute atomic E-state index is 0. The van der Waals surface area contributed by atoms with E-state index in [1.807, 2.05) is 16.5 Å². The normalized spacial score (nSPS) is 16.4. The van der Waals surface area contributed by atoms with Crippen molar-refractivity contribution in [1.29, 1.82) is 0 Å². The summed E-state index contributed by atoms with van der Waals surface area (Å²) in [5.41, 5.74) is 5.88. The van der Waals surface area contributed by atoms with E-state index in [0.717, 1.165) is 31.3 Å². The molecule has 1 aliphatic heterocycles. The predicted molar refractivity (Wildman–Crippen MR) is 88.4 cm³/mol. The molecule has 0 bridgehead atoms. The van der Waals surface area contributed by atoms with Gasteiger partial charge in [0, 0.05) is 44.3 Å². The first kappa shape index (κ1) is 16.4. The number of alkyl halides is 1. The van der Waals surface area contributed by atoms with Gasteiger partial charge in [-0.3, -0.25) is 9.38 Å². The van der Waals surface area contributed by atoms with E-state index in [9.17, 15) is 4.39 Å². The molecular formula is C11H19FIN5S. The molecule has 1 aromatic rings. The second kappa shape index (κ2) is 8.51. The number of guanidine groups is 1. The van der Waals surface area contributed by atoms with E-state index < -0.39 is 0 Å². The van der Waals surface area contributed by atoms with Crippen molar-refractivity contribution in [2.45, 2.75) is 6.42 Å². The van der Waals surface area contributed by atoms with Gasteiger partial charge in [0.05, 0.1) is 6.67 Å². The van der Waals surface area contributed by atoms with Crippen LogP contribution in [0.25, 0.3) is 0 Å². The molecule has 0 aliphatic carbocycles. The van der Waals surface area contributed by atoms with Crippen molar-refractivity contribution in [2.75, 3.05) is 44.3 Å². The smallest absolute Gasteiger partial charge is 0.191 e. The number of hydrogen-bond acceptors (Lipinski definition) is 4. The van der Waals surface area contributed by atoms with Gasteiger partial charge in [0.25, 0.3) is 0 Å². The minimum Gasteiger partial charge on any atom is -0.370 e. The van der Waals surface area contributed by atoms with E-state index in [4.69, 9.17) is 5.73 Å². The monoisotopic (exact) mass is 399 g/mol. The molecule has 19 heavy (non-hydrogen) atoms. The average Bonchev–Trinajstić information content (AvgIpc) is 2.93. The van der Waals surface area contributed by atoms with Crippen LogP contribution in [0, 0.1) is 0 Å². The zero-order valence-electron chi connectivity index (χ0n) is 10.7. The minimum atomic E-state index is -0.339. The molecule has 0 unspecified atom stereocenters. The van der Waals surface area contributed by atoms with Crippen LogP contribution in [0.4, 0.5) is 9.52 Å². The summed E-state index contributed by atoms with van der Waals surface area (Å²) in [5, 5.41) is 3.04. The fourth-order valence-corrected chi connectivity index (χ4v) is 2.55. The van der Waals surface area contributed by atoms with E-state index in [2.05, 4.69) is 14.9 Å². The number of rotatable bonds is 4. The molecular weight excluding hydrogens is 380 g/mol. The lowest BCUT2D eigenvalue weighted by molar-refractivity contribution is 0.380. The van der Waals surface area contributed by atoms with Crippen LogP contribution in [0.3, 0.4) is 0 Å². The van der Waals surface area contributed by atoms with E-state index >= 15 is 0 Å². The Bertz CT molecular complexity index is 378. The molecule has 0 spiro atoms. The Morgan fingerprint density at radius 3 is 2.74 bits per heavy atom. The van der Waals surface area contributed by atoms with Crippen LogP contribution in [0.15, 0.2) is 16.6 Å². The van der Waals surface area contributed by atoms with Gasteiger partial charge in [-0.1, -0.05) is 0 Å². The average molecular weight is 399 g/mol. The molecule has 108 valence electrons. The number of thiazole rings is 1. The third kappa shape index (κ3) is 4.75. The fourth-order valence-electron chi connectivity index (χ4n) is 1.85. The third-order valence-corrected chi connectivity index (χ3v) is 3.69. The van der Waals surface area contributed by atoms with Gasteiger partial charge in [-0.2, -0.15) is 0 Å². The van der Waals surface area contributed by atoms with Crippen LogP contribution < -0.4 is 10.6 Å². The first-order valence-corrected chi connectivity index (χ1v) is 6.94. The summed E-state index contributed by atoms with van der Waals surface area (Å²) < 4.78 is 12.0. The summed E-state index contributed by atoms with van der Waals surface area (Å²) in [7, 11) is 0.